The van der Waals surface area contributed by atoms with Gasteiger partial charge >= 0.3 is 6.09 Å². The van der Waals surface area contributed by atoms with E-state index in [2.05, 4.69) is 0 Å². The van der Waals surface area contributed by atoms with Gasteiger partial charge in [-0.25, -0.2) is 9.18 Å². The maximum Gasteiger partial charge on any atom is 0.410 e. The van der Waals surface area contributed by atoms with Crippen molar-refractivity contribution in [2.45, 2.75) is 52.2 Å². The van der Waals surface area contributed by atoms with E-state index in [1.165, 1.54) is 22.6 Å². The Bertz CT molecular complexity index is 1440. The molecule has 0 radical (unpaired) electrons. The third-order valence-corrected chi connectivity index (χ3v) is 7.40. The van der Waals surface area contributed by atoms with E-state index in [-0.39, 0.29) is 23.7 Å². The van der Waals surface area contributed by atoms with Gasteiger partial charge in [0.05, 0.1) is 17.2 Å². The molecule has 7 heteroatoms. The summed E-state index contributed by atoms with van der Waals surface area (Å²) in [5.41, 5.74) is 5.15. The van der Waals surface area contributed by atoms with Crippen molar-refractivity contribution < 1.29 is 23.5 Å². The Kier molecular flexibility index (Phi) is 7.32. The molecular weight excluding hydrogens is 507 g/mol. The lowest BCUT2D eigenvalue weighted by atomic mass is 9.88. The summed E-state index contributed by atoms with van der Waals surface area (Å²) in [5.74, 6) is -0.885. The Hall–Kier alpha value is -4.26. The van der Waals surface area contributed by atoms with Gasteiger partial charge in [0, 0.05) is 13.1 Å². The summed E-state index contributed by atoms with van der Waals surface area (Å²) < 4.78 is 19.3. The van der Waals surface area contributed by atoms with Crippen LogP contribution in [-0.2, 0) is 4.74 Å². The van der Waals surface area contributed by atoms with Crippen molar-refractivity contribution in [3.05, 3.63) is 112 Å². The first-order valence-corrected chi connectivity index (χ1v) is 13.6. The number of imide groups is 1. The molecule has 0 N–H and O–H groups in total. The first-order valence-electron chi connectivity index (χ1n) is 13.6. The maximum absolute atomic E-state index is 13.8. The molecule has 1 atom stereocenters. The molecule has 2 aliphatic heterocycles. The maximum atomic E-state index is 13.8. The van der Waals surface area contributed by atoms with Crippen LogP contribution < -0.4 is 0 Å². The highest BCUT2D eigenvalue weighted by Gasteiger charge is 2.38. The summed E-state index contributed by atoms with van der Waals surface area (Å²) >= 11 is 0. The van der Waals surface area contributed by atoms with Gasteiger partial charge < -0.3 is 9.64 Å². The first kappa shape index (κ1) is 27.3. The van der Waals surface area contributed by atoms with Crippen molar-refractivity contribution in [3.8, 4) is 0 Å². The number of carbonyl (C=O) groups is 3. The fraction of sp³-hybridized carbons (Fsp3) is 0.303. The van der Waals surface area contributed by atoms with E-state index < -0.39 is 11.6 Å². The molecule has 0 bridgehead atoms. The second-order valence-electron chi connectivity index (χ2n) is 11.3. The van der Waals surface area contributed by atoms with Gasteiger partial charge in [0.25, 0.3) is 11.8 Å². The largest absolute Gasteiger partial charge is 0.444 e. The average Bonchev–Trinajstić information content (AvgIpc) is 3.19. The standard InChI is InChI=1S/C33H33FN2O4/c1-21(36-30(37)27-7-5-6-8-28(27)31(36)38)22-9-11-23(12-10-22)29(24-13-15-26(34)16-14-24)25-17-19-35(20-18-25)32(39)40-33(2,3)4/h5-16,21H,17-20H2,1-4H3/t21-/m1/s1. The van der Waals surface area contributed by atoms with Crippen molar-refractivity contribution in [2.24, 2.45) is 0 Å². The molecule has 1 saturated heterocycles. The van der Waals surface area contributed by atoms with Crippen molar-refractivity contribution in [2.75, 3.05) is 13.1 Å². The topological polar surface area (TPSA) is 66.9 Å². The van der Waals surface area contributed by atoms with Crippen LogP contribution in [0.5, 0.6) is 0 Å². The number of halogens is 1. The Morgan fingerprint density at radius 2 is 1.32 bits per heavy atom. The van der Waals surface area contributed by atoms with Gasteiger partial charge in [-0.05, 0) is 87.1 Å². The Labute approximate surface area is 234 Å². The quantitative estimate of drug-likeness (QED) is 0.334. The Morgan fingerprint density at radius 3 is 1.82 bits per heavy atom. The summed E-state index contributed by atoms with van der Waals surface area (Å²) in [6.07, 6.45) is 1.01. The molecule has 0 aromatic heterocycles. The lowest BCUT2D eigenvalue weighted by Gasteiger charge is -2.32. The third kappa shape index (κ3) is 5.41. The van der Waals surface area contributed by atoms with Gasteiger partial charge in [0.1, 0.15) is 11.4 Å². The highest BCUT2D eigenvalue weighted by atomic mass is 19.1. The molecule has 3 aromatic carbocycles. The molecule has 0 spiro atoms. The number of fused-ring (bicyclic) bond motifs is 1. The van der Waals surface area contributed by atoms with Crippen molar-refractivity contribution in [3.63, 3.8) is 0 Å². The Morgan fingerprint density at radius 1 is 0.825 bits per heavy atom. The molecule has 0 aliphatic carbocycles. The van der Waals surface area contributed by atoms with Crippen LogP contribution in [-0.4, -0.2) is 46.4 Å². The minimum atomic E-state index is -0.557. The number of likely N-dealkylation sites (tertiary alicyclic amines) is 1. The third-order valence-electron chi connectivity index (χ3n) is 7.40. The SMILES string of the molecule is C[C@H](c1ccc(C(=C2CCN(C(=O)OC(C)(C)C)CC2)c2ccc(F)cc2)cc1)N1C(=O)c2ccccc2C1=O. The summed E-state index contributed by atoms with van der Waals surface area (Å²) in [6, 6.07) is 20.7. The van der Waals surface area contributed by atoms with Crippen molar-refractivity contribution in [1.29, 1.82) is 0 Å². The number of piperidine rings is 1. The van der Waals surface area contributed by atoms with Crippen LogP contribution in [0.4, 0.5) is 9.18 Å². The van der Waals surface area contributed by atoms with E-state index in [9.17, 15) is 18.8 Å². The zero-order chi connectivity index (χ0) is 28.6. The molecule has 6 nitrogen and oxygen atoms in total. The second kappa shape index (κ2) is 10.7. The fourth-order valence-electron chi connectivity index (χ4n) is 5.36. The lowest BCUT2D eigenvalue weighted by Crippen LogP contribution is -2.40. The normalized spacial score (nSPS) is 16.2. The van der Waals surface area contributed by atoms with Gasteiger partial charge in [0.2, 0.25) is 0 Å². The van der Waals surface area contributed by atoms with Crippen LogP contribution in [0.3, 0.4) is 0 Å². The number of carbonyl (C=O) groups excluding carboxylic acids is 3. The smallest absolute Gasteiger partial charge is 0.410 e. The molecule has 3 aromatic rings. The number of hydrogen-bond acceptors (Lipinski definition) is 4. The zero-order valence-corrected chi connectivity index (χ0v) is 23.2. The van der Waals surface area contributed by atoms with E-state index in [1.807, 2.05) is 52.0 Å². The van der Waals surface area contributed by atoms with Crippen LogP contribution >= 0.6 is 0 Å². The number of amides is 3. The molecule has 5 rings (SSSR count). The van der Waals surface area contributed by atoms with Gasteiger partial charge in [-0.3, -0.25) is 14.5 Å². The molecule has 40 heavy (non-hydrogen) atoms. The van der Waals surface area contributed by atoms with E-state index in [0.717, 1.165) is 22.3 Å². The van der Waals surface area contributed by atoms with E-state index >= 15 is 0 Å². The number of nitrogens with zero attached hydrogens (tertiary/aromatic N) is 2. The molecule has 3 amide bonds. The molecule has 206 valence electrons. The van der Waals surface area contributed by atoms with Gasteiger partial charge in [-0.15, -0.1) is 0 Å². The zero-order valence-electron chi connectivity index (χ0n) is 23.2. The van der Waals surface area contributed by atoms with E-state index in [0.29, 0.717) is 37.1 Å². The van der Waals surface area contributed by atoms with Crippen LogP contribution in [0.25, 0.3) is 5.57 Å². The Balaban J connectivity index is 1.41. The van der Waals surface area contributed by atoms with Crippen molar-refractivity contribution in [1.82, 2.24) is 9.80 Å². The van der Waals surface area contributed by atoms with Crippen molar-refractivity contribution >= 4 is 23.5 Å². The molecule has 1 fully saturated rings. The summed E-state index contributed by atoms with van der Waals surface area (Å²) in [4.78, 5) is 41.6. The average molecular weight is 541 g/mol. The monoisotopic (exact) mass is 540 g/mol. The fourth-order valence-corrected chi connectivity index (χ4v) is 5.36. The predicted octanol–water partition coefficient (Wildman–Crippen LogP) is 7.02. The highest BCUT2D eigenvalue weighted by molar-refractivity contribution is 6.21. The van der Waals surface area contributed by atoms with Crippen LogP contribution in [0, 0.1) is 5.82 Å². The van der Waals surface area contributed by atoms with Crippen LogP contribution in [0.1, 0.15) is 84.0 Å². The summed E-state index contributed by atoms with van der Waals surface area (Å²) in [6.45, 7) is 8.47. The highest BCUT2D eigenvalue weighted by Crippen LogP contribution is 2.35. The molecule has 2 heterocycles. The molecular formula is C33H33FN2O4. The van der Waals surface area contributed by atoms with Crippen LogP contribution in [0.2, 0.25) is 0 Å². The minimum absolute atomic E-state index is 0.289. The van der Waals surface area contributed by atoms with E-state index in [4.69, 9.17) is 4.74 Å². The minimum Gasteiger partial charge on any atom is -0.444 e. The number of hydrogen-bond donors (Lipinski definition) is 0. The van der Waals surface area contributed by atoms with Gasteiger partial charge in [-0.1, -0.05) is 54.1 Å². The van der Waals surface area contributed by atoms with Gasteiger partial charge in [-0.2, -0.15) is 0 Å². The molecule has 0 unspecified atom stereocenters. The predicted molar refractivity (Wildman–Crippen MR) is 151 cm³/mol. The number of ether oxygens (including phenoxy) is 1. The number of rotatable bonds is 4. The van der Waals surface area contributed by atoms with Gasteiger partial charge in [0.15, 0.2) is 0 Å². The van der Waals surface area contributed by atoms with E-state index in [1.54, 1.807) is 41.3 Å². The summed E-state index contributed by atoms with van der Waals surface area (Å²) in [5, 5.41) is 0. The molecule has 0 saturated carbocycles. The van der Waals surface area contributed by atoms with Crippen LogP contribution in [0.15, 0.2) is 78.4 Å². The first-order chi connectivity index (χ1) is 19.0. The number of benzene rings is 3. The lowest BCUT2D eigenvalue weighted by molar-refractivity contribution is 0.0236. The molecule has 2 aliphatic rings. The second-order valence-corrected chi connectivity index (χ2v) is 11.3. The summed E-state index contributed by atoms with van der Waals surface area (Å²) in [7, 11) is 0.